The molecule has 4 heteroatoms. The lowest BCUT2D eigenvalue weighted by atomic mass is 9.85. The predicted molar refractivity (Wildman–Crippen MR) is 84.6 cm³/mol. The molecule has 0 aliphatic heterocycles. The van der Waals surface area contributed by atoms with E-state index in [1.807, 2.05) is 7.05 Å². The van der Waals surface area contributed by atoms with Crippen molar-refractivity contribution in [3.63, 3.8) is 0 Å². The van der Waals surface area contributed by atoms with Crippen molar-refractivity contribution in [1.82, 2.24) is 15.2 Å². The molecule has 118 valence electrons. The van der Waals surface area contributed by atoms with Gasteiger partial charge in [0.05, 0.1) is 17.9 Å². The van der Waals surface area contributed by atoms with Crippen LogP contribution in [-0.4, -0.2) is 36.6 Å². The maximum Gasteiger partial charge on any atom is 0.141 e. The quantitative estimate of drug-likeness (QED) is 0.797. The zero-order chi connectivity index (χ0) is 15.2. The summed E-state index contributed by atoms with van der Waals surface area (Å²) in [5.41, 5.74) is 0.922. The number of hydrogen-bond donors (Lipinski definition) is 1. The molecule has 1 aromatic heterocycles. The van der Waals surface area contributed by atoms with Gasteiger partial charge in [-0.3, -0.25) is 4.98 Å². The van der Waals surface area contributed by atoms with Gasteiger partial charge in [0, 0.05) is 13.1 Å². The normalized spacial score (nSPS) is 18.5. The van der Waals surface area contributed by atoms with Crippen molar-refractivity contribution in [3.8, 4) is 0 Å². The molecule has 1 saturated carbocycles. The third-order valence-corrected chi connectivity index (χ3v) is 4.68. The summed E-state index contributed by atoms with van der Waals surface area (Å²) in [6.07, 6.45) is 5.48. The van der Waals surface area contributed by atoms with Gasteiger partial charge in [0.2, 0.25) is 0 Å². The standard InChI is InChI=1S/C17H28FN3/c1-4-21(12-14-6-5-7-14)11-13(2)17(19-3)16-9-8-15(18)10-20-16/h8-10,13-14,17,19H,4-7,11-12H2,1-3H3. The maximum absolute atomic E-state index is 13.0. The number of nitrogens with zero attached hydrogens (tertiary/aromatic N) is 2. The van der Waals surface area contributed by atoms with Crippen LogP contribution in [0.15, 0.2) is 18.3 Å². The summed E-state index contributed by atoms with van der Waals surface area (Å²) >= 11 is 0. The van der Waals surface area contributed by atoms with Crippen molar-refractivity contribution in [2.24, 2.45) is 11.8 Å². The topological polar surface area (TPSA) is 28.2 Å². The second-order valence-electron chi connectivity index (χ2n) is 6.29. The lowest BCUT2D eigenvalue weighted by molar-refractivity contribution is 0.155. The lowest BCUT2D eigenvalue weighted by Gasteiger charge is -2.34. The first kappa shape index (κ1) is 16.4. The van der Waals surface area contributed by atoms with E-state index in [4.69, 9.17) is 0 Å². The highest BCUT2D eigenvalue weighted by molar-refractivity contribution is 5.10. The van der Waals surface area contributed by atoms with Crippen molar-refractivity contribution in [1.29, 1.82) is 0 Å². The highest BCUT2D eigenvalue weighted by atomic mass is 19.1. The Morgan fingerprint density at radius 1 is 1.43 bits per heavy atom. The van der Waals surface area contributed by atoms with Gasteiger partial charge in [0.1, 0.15) is 5.82 Å². The van der Waals surface area contributed by atoms with Crippen LogP contribution < -0.4 is 5.32 Å². The molecular formula is C17H28FN3. The Morgan fingerprint density at radius 3 is 2.67 bits per heavy atom. The first-order valence-corrected chi connectivity index (χ1v) is 8.15. The molecular weight excluding hydrogens is 265 g/mol. The van der Waals surface area contributed by atoms with E-state index in [9.17, 15) is 4.39 Å². The zero-order valence-electron chi connectivity index (χ0n) is 13.5. The molecule has 21 heavy (non-hydrogen) atoms. The van der Waals surface area contributed by atoms with Gasteiger partial charge in [-0.15, -0.1) is 0 Å². The second-order valence-corrected chi connectivity index (χ2v) is 6.29. The van der Waals surface area contributed by atoms with E-state index in [-0.39, 0.29) is 11.9 Å². The molecule has 1 aromatic rings. The minimum Gasteiger partial charge on any atom is -0.311 e. The first-order valence-electron chi connectivity index (χ1n) is 8.15. The minimum atomic E-state index is -0.276. The molecule has 3 nitrogen and oxygen atoms in total. The average molecular weight is 293 g/mol. The molecule has 0 bridgehead atoms. The van der Waals surface area contributed by atoms with Gasteiger partial charge < -0.3 is 10.2 Å². The van der Waals surface area contributed by atoms with Crippen LogP contribution in [0.3, 0.4) is 0 Å². The van der Waals surface area contributed by atoms with E-state index in [1.54, 1.807) is 6.07 Å². The summed E-state index contributed by atoms with van der Waals surface area (Å²) in [5, 5.41) is 3.34. The van der Waals surface area contributed by atoms with Crippen LogP contribution in [0.1, 0.15) is 44.8 Å². The first-order chi connectivity index (χ1) is 10.1. The smallest absolute Gasteiger partial charge is 0.141 e. The summed E-state index contributed by atoms with van der Waals surface area (Å²) in [4.78, 5) is 6.78. The van der Waals surface area contributed by atoms with Crippen LogP contribution in [0.5, 0.6) is 0 Å². The van der Waals surface area contributed by atoms with Gasteiger partial charge in [0.15, 0.2) is 0 Å². The summed E-state index contributed by atoms with van der Waals surface area (Å²) in [5.74, 6) is 1.06. The molecule has 1 aliphatic rings. The molecule has 0 aromatic carbocycles. The Kier molecular flexibility index (Phi) is 6.12. The van der Waals surface area contributed by atoms with Crippen molar-refractivity contribution in [2.75, 3.05) is 26.7 Å². The second kappa shape index (κ2) is 7.85. The minimum absolute atomic E-state index is 0.168. The van der Waals surface area contributed by atoms with Gasteiger partial charge in [-0.1, -0.05) is 20.3 Å². The molecule has 0 amide bonds. The Bertz CT molecular complexity index is 417. The molecule has 2 atom stereocenters. The molecule has 0 spiro atoms. The average Bonchev–Trinajstić information content (AvgIpc) is 2.44. The third kappa shape index (κ3) is 4.48. The third-order valence-electron chi connectivity index (χ3n) is 4.68. The summed E-state index contributed by atoms with van der Waals surface area (Å²) in [7, 11) is 1.95. The van der Waals surface area contributed by atoms with Gasteiger partial charge in [-0.2, -0.15) is 0 Å². The molecule has 1 N–H and O–H groups in total. The van der Waals surface area contributed by atoms with Crippen LogP contribution in [0, 0.1) is 17.7 Å². The molecule has 2 rings (SSSR count). The SMILES string of the molecule is CCN(CC1CCC1)CC(C)C(NC)c1ccc(F)cn1. The number of rotatable bonds is 8. The van der Waals surface area contributed by atoms with Crippen molar-refractivity contribution >= 4 is 0 Å². The van der Waals surface area contributed by atoms with Crippen LogP contribution in [-0.2, 0) is 0 Å². The van der Waals surface area contributed by atoms with Crippen molar-refractivity contribution < 1.29 is 4.39 Å². The van der Waals surface area contributed by atoms with E-state index >= 15 is 0 Å². The van der Waals surface area contributed by atoms with Gasteiger partial charge in [-0.25, -0.2) is 4.39 Å². The number of hydrogen-bond acceptors (Lipinski definition) is 3. The fourth-order valence-electron chi connectivity index (χ4n) is 3.18. The number of nitrogens with one attached hydrogen (secondary N) is 1. The van der Waals surface area contributed by atoms with Crippen LogP contribution in [0.25, 0.3) is 0 Å². The van der Waals surface area contributed by atoms with Crippen LogP contribution in [0.4, 0.5) is 4.39 Å². The largest absolute Gasteiger partial charge is 0.311 e. The Balaban J connectivity index is 1.94. The van der Waals surface area contributed by atoms with Crippen molar-refractivity contribution in [2.45, 2.75) is 39.2 Å². The summed E-state index contributed by atoms with van der Waals surface area (Å²) in [6.45, 7) is 7.84. The molecule has 0 radical (unpaired) electrons. The fourth-order valence-corrected chi connectivity index (χ4v) is 3.18. The van der Waals surface area contributed by atoms with Crippen LogP contribution in [0.2, 0.25) is 0 Å². The van der Waals surface area contributed by atoms with E-state index < -0.39 is 0 Å². The number of aromatic nitrogens is 1. The molecule has 1 fully saturated rings. The zero-order valence-corrected chi connectivity index (χ0v) is 13.5. The Morgan fingerprint density at radius 2 is 2.19 bits per heavy atom. The van der Waals surface area contributed by atoms with Gasteiger partial charge >= 0.3 is 0 Å². The number of pyridine rings is 1. The van der Waals surface area contributed by atoms with Gasteiger partial charge in [0.25, 0.3) is 0 Å². The molecule has 0 saturated heterocycles. The van der Waals surface area contributed by atoms with Gasteiger partial charge in [-0.05, 0) is 50.4 Å². The van der Waals surface area contributed by atoms with Crippen LogP contribution >= 0.6 is 0 Å². The fraction of sp³-hybridized carbons (Fsp3) is 0.706. The van der Waals surface area contributed by atoms with E-state index in [0.29, 0.717) is 5.92 Å². The Labute approximate surface area is 127 Å². The summed E-state index contributed by atoms with van der Waals surface area (Å²) in [6, 6.07) is 3.45. The van der Waals surface area contributed by atoms with E-state index in [2.05, 4.69) is 29.0 Å². The van der Waals surface area contributed by atoms with E-state index in [0.717, 1.165) is 24.7 Å². The maximum atomic E-state index is 13.0. The predicted octanol–water partition coefficient (Wildman–Crippen LogP) is 3.24. The Hall–Kier alpha value is -1.00. The number of halogens is 1. The molecule has 1 aliphatic carbocycles. The highest BCUT2D eigenvalue weighted by Gasteiger charge is 2.24. The van der Waals surface area contributed by atoms with E-state index in [1.165, 1.54) is 38.1 Å². The molecule has 2 unspecified atom stereocenters. The molecule has 1 heterocycles. The van der Waals surface area contributed by atoms with Crippen molar-refractivity contribution in [3.05, 3.63) is 29.8 Å². The monoisotopic (exact) mass is 293 g/mol. The lowest BCUT2D eigenvalue weighted by Crippen LogP contribution is -2.38. The summed E-state index contributed by atoms with van der Waals surface area (Å²) < 4.78 is 13.0. The highest BCUT2D eigenvalue weighted by Crippen LogP contribution is 2.28.